The van der Waals surface area contributed by atoms with Gasteiger partial charge in [-0.15, -0.1) is 0 Å². The molecule has 2 aliphatic rings. The van der Waals surface area contributed by atoms with Crippen LogP contribution in [0.2, 0.25) is 0 Å². The Morgan fingerprint density at radius 1 is 1.08 bits per heavy atom. The Labute approximate surface area is 138 Å². The molecule has 0 atom stereocenters. The molecule has 0 radical (unpaired) electrons. The molecular weight excluding hydrogens is 314 g/mol. The van der Waals surface area contributed by atoms with E-state index in [1.807, 2.05) is 0 Å². The lowest BCUT2D eigenvalue weighted by atomic mass is 10.1. The van der Waals surface area contributed by atoms with Crippen LogP contribution >= 0.6 is 0 Å². The molecule has 2 N–H and O–H groups in total. The Morgan fingerprint density at radius 3 is 2.25 bits per heavy atom. The fourth-order valence-electron chi connectivity index (χ4n) is 3.02. The van der Waals surface area contributed by atoms with E-state index in [0.717, 1.165) is 37.1 Å². The molecule has 0 unspecified atom stereocenters. The van der Waals surface area contributed by atoms with E-state index in [0.29, 0.717) is 6.54 Å². The monoisotopic (exact) mass is 333 g/mol. The quantitative estimate of drug-likeness (QED) is 0.358. The van der Waals surface area contributed by atoms with Crippen LogP contribution in [0, 0.1) is 10.1 Å². The molecule has 1 saturated heterocycles. The second-order valence-electron chi connectivity index (χ2n) is 6.12. The summed E-state index contributed by atoms with van der Waals surface area (Å²) in [5.74, 6) is -0.932. The number of nitro benzene ring substituents is 1. The van der Waals surface area contributed by atoms with Crippen LogP contribution in [0.5, 0.6) is 0 Å². The molecule has 2 aliphatic heterocycles. The second-order valence-corrected chi connectivity index (χ2v) is 6.12. The Balaban J connectivity index is 1.74. The number of imide groups is 1. The highest BCUT2D eigenvalue weighted by atomic mass is 16.6. The first kappa shape index (κ1) is 16.3. The average Bonchev–Trinajstić information content (AvgIpc) is 2.77. The summed E-state index contributed by atoms with van der Waals surface area (Å²) < 4.78 is 0. The molecular formula is C15H19N5O4. The number of likely N-dealkylation sites (N-methyl/N-ethyl adjacent to an activating group) is 1. The minimum Gasteiger partial charge on any atom is -0.393 e. The third kappa shape index (κ3) is 2.83. The van der Waals surface area contributed by atoms with Gasteiger partial charge < -0.3 is 10.6 Å². The lowest BCUT2D eigenvalue weighted by Crippen LogP contribution is -2.47. The topological polar surface area (TPSA) is 113 Å². The maximum Gasteiger partial charge on any atom is 0.292 e. The molecule has 0 aromatic heterocycles. The highest BCUT2D eigenvalue weighted by Gasteiger charge is 2.37. The predicted molar refractivity (Wildman–Crippen MR) is 86.8 cm³/mol. The number of hydrogen-bond donors (Lipinski definition) is 1. The van der Waals surface area contributed by atoms with Gasteiger partial charge in [-0.05, 0) is 13.1 Å². The number of nitro groups is 1. The van der Waals surface area contributed by atoms with Crippen LogP contribution < -0.4 is 5.73 Å². The number of nitrogens with two attached hydrogens (primary N) is 1. The van der Waals surface area contributed by atoms with Crippen molar-refractivity contribution in [3.63, 3.8) is 0 Å². The molecule has 9 heteroatoms. The number of carbonyl (C=O) groups excluding carboxylic acids is 2. The zero-order valence-electron chi connectivity index (χ0n) is 13.4. The van der Waals surface area contributed by atoms with Crippen LogP contribution in [-0.4, -0.2) is 77.8 Å². The smallest absolute Gasteiger partial charge is 0.292 e. The van der Waals surface area contributed by atoms with Crippen molar-refractivity contribution in [3.05, 3.63) is 33.4 Å². The molecule has 2 amide bonds. The van der Waals surface area contributed by atoms with E-state index >= 15 is 0 Å². The molecule has 3 rings (SSSR count). The molecule has 0 bridgehead atoms. The van der Waals surface area contributed by atoms with Gasteiger partial charge in [0.05, 0.1) is 16.1 Å². The van der Waals surface area contributed by atoms with E-state index in [-0.39, 0.29) is 29.0 Å². The zero-order chi connectivity index (χ0) is 17.4. The van der Waals surface area contributed by atoms with Crippen LogP contribution in [0.25, 0.3) is 0 Å². The van der Waals surface area contributed by atoms with E-state index in [1.54, 1.807) is 0 Å². The maximum atomic E-state index is 12.4. The van der Waals surface area contributed by atoms with Crippen molar-refractivity contribution in [2.24, 2.45) is 0 Å². The number of piperazine rings is 1. The van der Waals surface area contributed by atoms with Crippen molar-refractivity contribution in [1.29, 1.82) is 0 Å². The van der Waals surface area contributed by atoms with Gasteiger partial charge >= 0.3 is 0 Å². The minimum atomic E-state index is -0.653. The molecule has 1 fully saturated rings. The van der Waals surface area contributed by atoms with Crippen LogP contribution in [0.3, 0.4) is 0 Å². The number of nitrogen functional groups attached to an aromatic ring is 1. The summed E-state index contributed by atoms with van der Waals surface area (Å²) in [4.78, 5) is 40.7. The van der Waals surface area contributed by atoms with E-state index in [4.69, 9.17) is 5.73 Å². The van der Waals surface area contributed by atoms with E-state index in [1.165, 1.54) is 6.07 Å². The van der Waals surface area contributed by atoms with Gasteiger partial charge in [0.25, 0.3) is 17.5 Å². The number of anilines is 1. The van der Waals surface area contributed by atoms with Crippen LogP contribution in [0.4, 0.5) is 11.4 Å². The molecule has 1 aromatic carbocycles. The lowest BCUT2D eigenvalue weighted by Gasteiger charge is -2.33. The van der Waals surface area contributed by atoms with Gasteiger partial charge in [0.15, 0.2) is 0 Å². The van der Waals surface area contributed by atoms with Crippen molar-refractivity contribution in [2.75, 3.05) is 52.0 Å². The number of benzene rings is 1. The number of amides is 2. The third-order valence-electron chi connectivity index (χ3n) is 4.55. The normalized spacial score (nSPS) is 19.0. The van der Waals surface area contributed by atoms with Crippen molar-refractivity contribution in [2.45, 2.75) is 0 Å². The fourth-order valence-corrected chi connectivity index (χ4v) is 3.02. The second kappa shape index (κ2) is 6.17. The average molecular weight is 333 g/mol. The Hall–Kier alpha value is -2.52. The van der Waals surface area contributed by atoms with Crippen molar-refractivity contribution in [1.82, 2.24) is 14.7 Å². The standard InChI is InChI=1S/C15H19N5O4/c1-17-2-4-18(5-3-17)6-7-19-14(21)10-8-12(16)13(20(23)24)9-11(10)15(19)22/h8-9H,2-7,16H2,1H3. The summed E-state index contributed by atoms with van der Waals surface area (Å²) in [5, 5.41) is 11.0. The number of nitrogens with zero attached hydrogens (tertiary/aromatic N) is 4. The van der Waals surface area contributed by atoms with E-state index in [2.05, 4.69) is 16.8 Å². The van der Waals surface area contributed by atoms with Gasteiger partial charge in [0.2, 0.25) is 0 Å². The molecule has 0 spiro atoms. The van der Waals surface area contributed by atoms with E-state index < -0.39 is 16.7 Å². The lowest BCUT2D eigenvalue weighted by molar-refractivity contribution is -0.383. The fraction of sp³-hybridized carbons (Fsp3) is 0.467. The first-order valence-electron chi connectivity index (χ1n) is 7.73. The van der Waals surface area contributed by atoms with Gasteiger partial charge in [0, 0.05) is 45.3 Å². The van der Waals surface area contributed by atoms with Gasteiger partial charge in [-0.3, -0.25) is 29.5 Å². The molecule has 24 heavy (non-hydrogen) atoms. The van der Waals surface area contributed by atoms with Gasteiger partial charge in [-0.2, -0.15) is 0 Å². The highest BCUT2D eigenvalue weighted by molar-refractivity contribution is 6.22. The predicted octanol–water partition coefficient (Wildman–Crippen LogP) is 0.0204. The van der Waals surface area contributed by atoms with Crippen LogP contribution in [-0.2, 0) is 0 Å². The van der Waals surface area contributed by atoms with Crippen molar-refractivity contribution < 1.29 is 14.5 Å². The van der Waals surface area contributed by atoms with Gasteiger partial charge in [-0.1, -0.05) is 0 Å². The SMILES string of the molecule is CN1CCN(CCN2C(=O)c3cc(N)c([N+](=O)[O-])cc3C2=O)CC1. The number of rotatable bonds is 4. The molecule has 1 aromatic rings. The Morgan fingerprint density at radius 2 is 1.67 bits per heavy atom. The number of hydrogen-bond acceptors (Lipinski definition) is 7. The third-order valence-corrected chi connectivity index (χ3v) is 4.55. The van der Waals surface area contributed by atoms with Crippen LogP contribution in [0.15, 0.2) is 12.1 Å². The highest BCUT2D eigenvalue weighted by Crippen LogP contribution is 2.31. The Kier molecular flexibility index (Phi) is 4.20. The molecule has 2 heterocycles. The van der Waals surface area contributed by atoms with Crippen molar-refractivity contribution in [3.8, 4) is 0 Å². The summed E-state index contributed by atoms with van der Waals surface area (Å²) in [6.45, 7) is 4.53. The van der Waals surface area contributed by atoms with Crippen molar-refractivity contribution >= 4 is 23.2 Å². The van der Waals surface area contributed by atoms with Gasteiger partial charge in [-0.25, -0.2) is 0 Å². The summed E-state index contributed by atoms with van der Waals surface area (Å²) in [6.07, 6.45) is 0. The maximum absolute atomic E-state index is 12.4. The molecule has 9 nitrogen and oxygen atoms in total. The summed E-state index contributed by atoms with van der Waals surface area (Å²) in [5.41, 5.74) is 5.35. The first-order valence-corrected chi connectivity index (χ1v) is 7.73. The molecule has 0 aliphatic carbocycles. The number of fused-ring (bicyclic) bond motifs is 1. The van der Waals surface area contributed by atoms with Crippen LogP contribution in [0.1, 0.15) is 20.7 Å². The van der Waals surface area contributed by atoms with Gasteiger partial charge in [0.1, 0.15) is 5.69 Å². The Bertz CT molecular complexity index is 712. The molecule has 0 saturated carbocycles. The first-order chi connectivity index (χ1) is 11.4. The molecule has 128 valence electrons. The minimum absolute atomic E-state index is 0.0549. The largest absolute Gasteiger partial charge is 0.393 e. The summed E-state index contributed by atoms with van der Waals surface area (Å²) >= 11 is 0. The summed E-state index contributed by atoms with van der Waals surface area (Å²) in [6, 6.07) is 2.32. The number of carbonyl (C=O) groups is 2. The summed E-state index contributed by atoms with van der Waals surface area (Å²) in [7, 11) is 2.05. The zero-order valence-corrected chi connectivity index (χ0v) is 13.4. The van der Waals surface area contributed by atoms with E-state index in [9.17, 15) is 19.7 Å².